The molecule has 2 heteroatoms. The van der Waals surface area contributed by atoms with Crippen molar-refractivity contribution in [3.8, 4) is 0 Å². The molecule has 0 bridgehead atoms. The van der Waals surface area contributed by atoms with Gasteiger partial charge in [0, 0.05) is 6.42 Å². The highest BCUT2D eigenvalue weighted by atomic mass is 28.3. The van der Waals surface area contributed by atoms with E-state index in [1.807, 2.05) is 0 Å². The second-order valence-corrected chi connectivity index (χ2v) is 11.4. The molecule has 1 rings (SSSR count). The van der Waals surface area contributed by atoms with E-state index in [0.717, 1.165) is 6.42 Å². The fourth-order valence-corrected chi connectivity index (χ4v) is 5.03. The van der Waals surface area contributed by atoms with Crippen LogP contribution in [0.1, 0.15) is 52.4 Å². The van der Waals surface area contributed by atoms with E-state index in [2.05, 4.69) is 39.6 Å². The maximum absolute atomic E-state index is 12.1. The second-order valence-electron chi connectivity index (χ2n) is 6.43. The number of unbranched alkanes of at least 4 members (excludes halogenated alkanes) is 4. The van der Waals surface area contributed by atoms with Gasteiger partial charge in [-0.1, -0.05) is 51.9 Å². The van der Waals surface area contributed by atoms with Crippen molar-refractivity contribution in [1.29, 1.82) is 0 Å². The fraction of sp³-hybridized carbons (Fsp3) is 0.688. The summed E-state index contributed by atoms with van der Waals surface area (Å²) < 4.78 is 0. The minimum absolute atomic E-state index is 0.395. The van der Waals surface area contributed by atoms with Crippen LogP contribution in [-0.2, 0) is 4.79 Å². The lowest BCUT2D eigenvalue weighted by molar-refractivity contribution is -0.114. The van der Waals surface area contributed by atoms with E-state index < -0.39 is 8.07 Å². The SMILES string of the molecule is CCCCCC/C=C1\CC(=O)C([Si](C)(C)C)=C1C. The molecule has 102 valence electrons. The zero-order valence-electron chi connectivity index (χ0n) is 12.7. The first kappa shape index (κ1) is 15.4. The van der Waals surface area contributed by atoms with Crippen molar-refractivity contribution in [1.82, 2.24) is 0 Å². The van der Waals surface area contributed by atoms with Gasteiger partial charge in [-0.3, -0.25) is 4.79 Å². The Kier molecular flexibility index (Phi) is 5.58. The van der Waals surface area contributed by atoms with Gasteiger partial charge in [0.25, 0.3) is 0 Å². The summed E-state index contributed by atoms with van der Waals surface area (Å²) >= 11 is 0. The Bertz CT molecular complexity index is 369. The van der Waals surface area contributed by atoms with Crippen LogP contribution >= 0.6 is 0 Å². The largest absolute Gasteiger partial charge is 0.295 e. The molecule has 0 heterocycles. The minimum atomic E-state index is -1.46. The summed E-state index contributed by atoms with van der Waals surface area (Å²) in [6.07, 6.45) is 9.32. The van der Waals surface area contributed by atoms with Crippen LogP contribution in [0.15, 0.2) is 22.4 Å². The number of carbonyl (C=O) groups is 1. The zero-order valence-corrected chi connectivity index (χ0v) is 13.7. The zero-order chi connectivity index (χ0) is 13.8. The fourth-order valence-electron chi connectivity index (χ4n) is 2.82. The van der Waals surface area contributed by atoms with Crippen molar-refractivity contribution in [2.75, 3.05) is 0 Å². The van der Waals surface area contributed by atoms with Gasteiger partial charge < -0.3 is 0 Å². The van der Waals surface area contributed by atoms with E-state index in [1.54, 1.807) is 0 Å². The van der Waals surface area contributed by atoms with Gasteiger partial charge in [-0.05, 0) is 36.1 Å². The maximum atomic E-state index is 12.1. The normalized spacial score (nSPS) is 19.2. The van der Waals surface area contributed by atoms with Gasteiger partial charge in [0.2, 0.25) is 0 Å². The summed E-state index contributed by atoms with van der Waals surface area (Å²) in [6.45, 7) is 11.2. The quantitative estimate of drug-likeness (QED) is 0.484. The van der Waals surface area contributed by atoms with Crippen LogP contribution in [0, 0.1) is 0 Å². The lowest BCUT2D eigenvalue weighted by atomic mass is 10.1. The number of ketones is 1. The molecule has 1 nitrogen and oxygen atoms in total. The molecule has 0 fully saturated rings. The van der Waals surface area contributed by atoms with E-state index in [1.165, 1.54) is 42.0 Å². The van der Waals surface area contributed by atoms with Crippen molar-refractivity contribution in [3.05, 3.63) is 22.4 Å². The Hall–Kier alpha value is -0.633. The Labute approximate surface area is 113 Å². The smallest absolute Gasteiger partial charge is 0.159 e. The first-order valence-electron chi connectivity index (χ1n) is 7.32. The van der Waals surface area contributed by atoms with Crippen LogP contribution < -0.4 is 0 Å². The monoisotopic (exact) mass is 264 g/mol. The van der Waals surface area contributed by atoms with Gasteiger partial charge in [0.05, 0.1) is 8.07 Å². The number of allylic oxidation sites excluding steroid dienone is 4. The maximum Gasteiger partial charge on any atom is 0.159 e. The van der Waals surface area contributed by atoms with Gasteiger partial charge in [-0.2, -0.15) is 0 Å². The van der Waals surface area contributed by atoms with E-state index in [-0.39, 0.29) is 0 Å². The standard InChI is InChI=1S/C16H28OSi/c1-6-7-8-9-10-11-14-12-15(17)16(13(14)2)18(3,4)5/h11H,6-10,12H2,1-5H3/b14-11+. The van der Waals surface area contributed by atoms with Gasteiger partial charge in [-0.15, -0.1) is 0 Å². The number of hydrogen-bond donors (Lipinski definition) is 0. The third kappa shape index (κ3) is 3.94. The number of Topliss-reactive ketones (excluding diaryl/α,β-unsaturated/α-hetero) is 1. The Morgan fingerprint density at radius 1 is 1.17 bits per heavy atom. The van der Waals surface area contributed by atoms with Gasteiger partial charge in [0.1, 0.15) is 0 Å². The van der Waals surface area contributed by atoms with Gasteiger partial charge in [-0.25, -0.2) is 0 Å². The highest BCUT2D eigenvalue weighted by Gasteiger charge is 2.33. The van der Waals surface area contributed by atoms with E-state index in [4.69, 9.17) is 0 Å². The Morgan fingerprint density at radius 2 is 1.83 bits per heavy atom. The summed E-state index contributed by atoms with van der Waals surface area (Å²) in [7, 11) is -1.46. The summed E-state index contributed by atoms with van der Waals surface area (Å²) in [5.74, 6) is 0.395. The molecule has 0 saturated heterocycles. The van der Waals surface area contributed by atoms with Gasteiger partial charge in [0.15, 0.2) is 5.78 Å². The van der Waals surface area contributed by atoms with Gasteiger partial charge >= 0.3 is 0 Å². The molecule has 1 aliphatic rings. The number of hydrogen-bond acceptors (Lipinski definition) is 1. The summed E-state index contributed by atoms with van der Waals surface area (Å²) in [4.78, 5) is 12.1. The van der Waals surface area contributed by atoms with Crippen molar-refractivity contribution >= 4 is 13.9 Å². The highest BCUT2D eigenvalue weighted by molar-refractivity contribution is 6.87. The molecule has 0 aromatic heterocycles. The average molecular weight is 264 g/mol. The first-order chi connectivity index (χ1) is 8.38. The number of carbonyl (C=O) groups excluding carboxylic acids is 1. The average Bonchev–Trinajstić information content (AvgIpc) is 2.53. The topological polar surface area (TPSA) is 17.1 Å². The lowest BCUT2D eigenvalue weighted by Crippen LogP contribution is -2.28. The minimum Gasteiger partial charge on any atom is -0.295 e. The van der Waals surface area contributed by atoms with Crippen molar-refractivity contribution < 1.29 is 4.79 Å². The summed E-state index contributed by atoms with van der Waals surface area (Å²) in [5, 5.41) is 1.18. The van der Waals surface area contributed by atoms with Crippen LogP contribution in [0.5, 0.6) is 0 Å². The molecule has 0 aliphatic heterocycles. The molecular weight excluding hydrogens is 236 g/mol. The third-order valence-corrected chi connectivity index (χ3v) is 5.84. The van der Waals surface area contributed by atoms with Crippen molar-refractivity contribution in [2.45, 2.75) is 72.0 Å². The molecule has 0 spiro atoms. The molecule has 1 aliphatic carbocycles. The Morgan fingerprint density at radius 3 is 2.33 bits per heavy atom. The molecule has 0 unspecified atom stereocenters. The molecule has 0 aromatic rings. The molecule has 0 aromatic carbocycles. The number of rotatable bonds is 6. The van der Waals surface area contributed by atoms with Crippen LogP contribution in [-0.4, -0.2) is 13.9 Å². The first-order valence-corrected chi connectivity index (χ1v) is 10.8. The van der Waals surface area contributed by atoms with Crippen molar-refractivity contribution in [3.63, 3.8) is 0 Å². The molecular formula is C16H28OSi. The van der Waals surface area contributed by atoms with Crippen molar-refractivity contribution in [2.24, 2.45) is 0 Å². The molecule has 0 atom stereocenters. The molecule has 18 heavy (non-hydrogen) atoms. The molecule has 0 N–H and O–H groups in total. The van der Waals surface area contributed by atoms with Crippen LogP contribution in [0.4, 0.5) is 0 Å². The van der Waals surface area contributed by atoms with Crippen LogP contribution in [0.25, 0.3) is 0 Å². The summed E-state index contributed by atoms with van der Waals surface area (Å²) in [6, 6.07) is 0. The predicted molar refractivity (Wildman–Crippen MR) is 82.5 cm³/mol. The van der Waals surface area contributed by atoms with Crippen LogP contribution in [0.2, 0.25) is 19.6 Å². The van der Waals surface area contributed by atoms with E-state index >= 15 is 0 Å². The van der Waals surface area contributed by atoms with E-state index in [0.29, 0.717) is 12.2 Å². The molecule has 0 saturated carbocycles. The molecule has 0 amide bonds. The van der Waals surface area contributed by atoms with Crippen LogP contribution in [0.3, 0.4) is 0 Å². The second kappa shape index (κ2) is 6.51. The highest BCUT2D eigenvalue weighted by Crippen LogP contribution is 2.34. The third-order valence-electron chi connectivity index (χ3n) is 3.68. The Balaban J connectivity index is 2.67. The van der Waals surface area contributed by atoms with E-state index in [9.17, 15) is 4.79 Å². The lowest BCUT2D eigenvalue weighted by Gasteiger charge is -2.17. The summed E-state index contributed by atoms with van der Waals surface area (Å²) in [5.41, 5.74) is 2.61. The molecule has 0 radical (unpaired) electrons. The predicted octanol–water partition coefficient (Wildman–Crippen LogP) is 5.05.